The first-order valence-corrected chi connectivity index (χ1v) is 9.02. The van der Waals surface area contributed by atoms with E-state index in [0.717, 1.165) is 12.2 Å². The van der Waals surface area contributed by atoms with Gasteiger partial charge in [-0.05, 0) is 6.42 Å². The molecule has 0 unspecified atom stereocenters. The molecular weight excluding hydrogens is 272 g/mol. The van der Waals surface area contributed by atoms with Gasteiger partial charge in [0.25, 0.3) is 0 Å². The van der Waals surface area contributed by atoms with Crippen molar-refractivity contribution in [3.63, 3.8) is 0 Å². The number of unbranched alkanes of at least 4 members (excludes halogenated alkanes) is 9. The normalized spacial score (nSPS) is 10.7. The van der Waals surface area contributed by atoms with Crippen molar-refractivity contribution in [2.75, 3.05) is 5.75 Å². The van der Waals surface area contributed by atoms with Crippen LogP contribution in [-0.4, -0.2) is 21.9 Å². The molecule has 0 saturated carbocycles. The quantitative estimate of drug-likeness (QED) is 0.457. The van der Waals surface area contributed by atoms with Crippen molar-refractivity contribution in [2.45, 2.75) is 84.0 Å². The fourth-order valence-corrected chi connectivity index (χ4v) is 2.88. The third-order valence-corrected chi connectivity index (χ3v) is 4.32. The summed E-state index contributed by atoms with van der Waals surface area (Å²) in [5.41, 5.74) is 0. The van der Waals surface area contributed by atoms with Gasteiger partial charge in [-0.25, -0.2) is 0 Å². The second kappa shape index (κ2) is 14.9. The maximum atomic E-state index is 11.3. The molecule has 0 rings (SSSR count). The zero-order valence-corrected chi connectivity index (χ0v) is 13.7. The summed E-state index contributed by atoms with van der Waals surface area (Å²) in [5, 5.41) is 8.48. The number of carboxylic acid groups (broad SMARTS) is 1. The lowest BCUT2D eigenvalue weighted by atomic mass is 10.1. The van der Waals surface area contributed by atoms with Gasteiger partial charge in [-0.3, -0.25) is 9.59 Å². The molecule has 0 spiro atoms. The van der Waals surface area contributed by atoms with Gasteiger partial charge in [0.15, 0.2) is 5.12 Å². The third-order valence-electron chi connectivity index (χ3n) is 3.30. The maximum absolute atomic E-state index is 11.3. The van der Waals surface area contributed by atoms with E-state index in [-0.39, 0.29) is 18.0 Å². The van der Waals surface area contributed by atoms with E-state index in [2.05, 4.69) is 6.92 Å². The van der Waals surface area contributed by atoms with Crippen LogP contribution in [0.2, 0.25) is 0 Å². The van der Waals surface area contributed by atoms with Crippen LogP contribution in [0.5, 0.6) is 0 Å². The van der Waals surface area contributed by atoms with E-state index in [1.807, 2.05) is 0 Å². The standard InChI is InChI=1S/C16H30O3S/c1-2-3-4-5-6-7-8-9-10-11-14-20-16(19)13-12-15(17)18/h2-14H2,1H3,(H,17,18). The Bertz CT molecular complexity index is 254. The van der Waals surface area contributed by atoms with Gasteiger partial charge in [0.1, 0.15) is 0 Å². The van der Waals surface area contributed by atoms with Crippen LogP contribution >= 0.6 is 11.8 Å². The second-order valence-corrected chi connectivity index (χ2v) is 6.45. The molecule has 4 heteroatoms. The molecule has 0 saturated heterocycles. The maximum Gasteiger partial charge on any atom is 0.303 e. The molecular formula is C16H30O3S. The Morgan fingerprint density at radius 1 is 0.800 bits per heavy atom. The van der Waals surface area contributed by atoms with Crippen LogP contribution in [0, 0.1) is 0 Å². The highest BCUT2D eigenvalue weighted by molar-refractivity contribution is 8.13. The number of hydrogen-bond acceptors (Lipinski definition) is 3. The van der Waals surface area contributed by atoms with E-state index < -0.39 is 5.97 Å². The number of aliphatic carboxylic acids is 1. The van der Waals surface area contributed by atoms with Crippen LogP contribution in [0.25, 0.3) is 0 Å². The van der Waals surface area contributed by atoms with Crippen molar-refractivity contribution in [3.05, 3.63) is 0 Å². The van der Waals surface area contributed by atoms with Gasteiger partial charge in [-0.1, -0.05) is 76.5 Å². The first kappa shape index (κ1) is 19.5. The van der Waals surface area contributed by atoms with E-state index in [1.165, 1.54) is 69.5 Å². The fraction of sp³-hybridized carbons (Fsp3) is 0.875. The smallest absolute Gasteiger partial charge is 0.303 e. The van der Waals surface area contributed by atoms with Crippen LogP contribution < -0.4 is 0 Å². The summed E-state index contributed by atoms with van der Waals surface area (Å²) in [6, 6.07) is 0. The molecule has 0 amide bonds. The topological polar surface area (TPSA) is 54.4 Å². The van der Waals surface area contributed by atoms with Gasteiger partial charge in [-0.2, -0.15) is 0 Å². The predicted molar refractivity (Wildman–Crippen MR) is 86.2 cm³/mol. The average Bonchev–Trinajstić information content (AvgIpc) is 2.42. The van der Waals surface area contributed by atoms with Crippen molar-refractivity contribution in [1.29, 1.82) is 0 Å². The SMILES string of the molecule is CCCCCCCCCCCCSC(=O)CCC(=O)O. The molecule has 0 radical (unpaired) electrons. The molecule has 0 aliphatic rings. The van der Waals surface area contributed by atoms with E-state index >= 15 is 0 Å². The number of carbonyl (C=O) groups excluding carboxylic acids is 1. The Labute approximate surface area is 127 Å². The summed E-state index contributed by atoms with van der Waals surface area (Å²) < 4.78 is 0. The molecule has 0 atom stereocenters. The lowest BCUT2D eigenvalue weighted by Gasteiger charge is -2.02. The summed E-state index contributed by atoms with van der Waals surface area (Å²) >= 11 is 1.29. The lowest BCUT2D eigenvalue weighted by molar-refractivity contribution is -0.137. The van der Waals surface area contributed by atoms with E-state index in [4.69, 9.17) is 5.11 Å². The molecule has 0 aliphatic carbocycles. The number of rotatable bonds is 14. The Kier molecular flexibility index (Phi) is 14.5. The number of carbonyl (C=O) groups is 2. The molecule has 0 aromatic carbocycles. The largest absolute Gasteiger partial charge is 0.481 e. The van der Waals surface area contributed by atoms with Gasteiger partial charge in [-0.15, -0.1) is 0 Å². The minimum atomic E-state index is -0.891. The molecule has 0 aromatic rings. The minimum Gasteiger partial charge on any atom is -0.481 e. The third kappa shape index (κ3) is 15.5. The highest BCUT2D eigenvalue weighted by Gasteiger charge is 2.05. The van der Waals surface area contributed by atoms with Crippen LogP contribution in [0.15, 0.2) is 0 Å². The Hall–Kier alpha value is -0.510. The van der Waals surface area contributed by atoms with Gasteiger partial charge in [0.05, 0.1) is 6.42 Å². The van der Waals surface area contributed by atoms with Gasteiger partial charge in [0.2, 0.25) is 0 Å². The molecule has 118 valence electrons. The summed E-state index contributed by atoms with van der Waals surface area (Å²) in [5.74, 6) is -0.0486. The van der Waals surface area contributed by atoms with Crippen molar-refractivity contribution >= 4 is 22.8 Å². The first-order chi connectivity index (χ1) is 9.66. The summed E-state index contributed by atoms with van der Waals surface area (Å²) in [7, 11) is 0. The Morgan fingerprint density at radius 3 is 1.80 bits per heavy atom. The highest BCUT2D eigenvalue weighted by atomic mass is 32.2. The van der Waals surface area contributed by atoms with Crippen LogP contribution in [-0.2, 0) is 9.59 Å². The zero-order chi connectivity index (χ0) is 15.1. The fourth-order valence-electron chi connectivity index (χ4n) is 2.06. The molecule has 0 heterocycles. The predicted octanol–water partition coefficient (Wildman–Crippen LogP) is 5.03. The molecule has 0 bridgehead atoms. The summed E-state index contributed by atoms with van der Waals surface area (Å²) in [6.07, 6.45) is 13.1. The van der Waals surface area contributed by atoms with Crippen molar-refractivity contribution < 1.29 is 14.7 Å². The molecule has 0 fully saturated rings. The van der Waals surface area contributed by atoms with Gasteiger partial charge in [0, 0.05) is 12.2 Å². The number of hydrogen-bond donors (Lipinski definition) is 1. The van der Waals surface area contributed by atoms with Gasteiger partial charge >= 0.3 is 5.97 Å². The van der Waals surface area contributed by atoms with E-state index in [1.54, 1.807) is 0 Å². The number of thioether (sulfide) groups is 1. The monoisotopic (exact) mass is 302 g/mol. The lowest BCUT2D eigenvalue weighted by Crippen LogP contribution is -2.00. The highest BCUT2D eigenvalue weighted by Crippen LogP contribution is 2.14. The molecule has 0 aromatic heterocycles. The molecule has 20 heavy (non-hydrogen) atoms. The van der Waals surface area contributed by atoms with Gasteiger partial charge < -0.3 is 5.11 Å². The minimum absolute atomic E-state index is 0.0170. The first-order valence-electron chi connectivity index (χ1n) is 8.04. The number of carboxylic acids is 1. The van der Waals surface area contributed by atoms with Crippen LogP contribution in [0.1, 0.15) is 84.0 Å². The van der Waals surface area contributed by atoms with Crippen molar-refractivity contribution in [1.82, 2.24) is 0 Å². The second-order valence-electron chi connectivity index (χ2n) is 5.30. The average molecular weight is 302 g/mol. The van der Waals surface area contributed by atoms with Crippen molar-refractivity contribution in [3.8, 4) is 0 Å². The van der Waals surface area contributed by atoms with Crippen LogP contribution in [0.3, 0.4) is 0 Å². The molecule has 0 aliphatic heterocycles. The molecule has 3 nitrogen and oxygen atoms in total. The van der Waals surface area contributed by atoms with E-state index in [0.29, 0.717) is 0 Å². The Balaban J connectivity index is 3.12. The summed E-state index contributed by atoms with van der Waals surface area (Å²) in [4.78, 5) is 21.6. The zero-order valence-electron chi connectivity index (χ0n) is 12.9. The van der Waals surface area contributed by atoms with E-state index in [9.17, 15) is 9.59 Å². The molecule has 1 N–H and O–H groups in total. The Morgan fingerprint density at radius 2 is 1.30 bits per heavy atom. The van der Waals surface area contributed by atoms with Crippen LogP contribution in [0.4, 0.5) is 0 Å². The summed E-state index contributed by atoms with van der Waals surface area (Å²) in [6.45, 7) is 2.24. The van der Waals surface area contributed by atoms with Crippen molar-refractivity contribution in [2.24, 2.45) is 0 Å².